The van der Waals surface area contributed by atoms with Crippen molar-refractivity contribution < 1.29 is 9.18 Å². The monoisotopic (exact) mass is 449 g/mol. The largest absolute Gasteiger partial charge is 0.367 e. The summed E-state index contributed by atoms with van der Waals surface area (Å²) in [6.45, 7) is 6.04. The van der Waals surface area contributed by atoms with Crippen LogP contribution in [0.3, 0.4) is 0 Å². The zero-order valence-corrected chi connectivity index (χ0v) is 18.6. The van der Waals surface area contributed by atoms with E-state index in [0.717, 1.165) is 0 Å². The third-order valence-electron chi connectivity index (χ3n) is 6.10. The Labute approximate surface area is 189 Å². The van der Waals surface area contributed by atoms with E-state index in [1.54, 1.807) is 31.2 Å². The summed E-state index contributed by atoms with van der Waals surface area (Å²) in [5.41, 5.74) is 2.00. The van der Waals surface area contributed by atoms with Crippen molar-refractivity contribution in [3.8, 4) is 6.07 Å². The molecule has 1 atom stereocenters. The van der Waals surface area contributed by atoms with Crippen molar-refractivity contribution in [2.45, 2.75) is 19.9 Å². The molecule has 0 saturated carbocycles. The normalized spacial score (nSPS) is 15.3. The molecule has 0 bridgehead atoms. The van der Waals surface area contributed by atoms with Crippen molar-refractivity contribution >= 4 is 22.6 Å². The van der Waals surface area contributed by atoms with Gasteiger partial charge in [0.1, 0.15) is 23.0 Å². The molecule has 0 aliphatic carbocycles. The number of aromatic amines is 1. The molecule has 3 heterocycles. The molecule has 2 aromatic heterocycles. The zero-order chi connectivity index (χ0) is 23.7. The number of carbonyl (C=O) groups is 1. The number of piperazine rings is 1. The molecule has 4 rings (SSSR count). The number of rotatable bonds is 4. The zero-order valence-electron chi connectivity index (χ0n) is 18.6. The van der Waals surface area contributed by atoms with Gasteiger partial charge in [-0.3, -0.25) is 14.5 Å². The molecular weight excluding hydrogens is 425 g/mol. The first-order valence-electron chi connectivity index (χ1n) is 10.6. The topological polar surface area (TPSA) is 118 Å². The van der Waals surface area contributed by atoms with Crippen molar-refractivity contribution in [3.63, 3.8) is 0 Å². The fraction of sp³-hybridized carbons (Fsp3) is 0.348. The second-order valence-electron chi connectivity index (χ2n) is 7.97. The molecule has 2 N–H and O–H groups in total. The lowest BCUT2D eigenvalue weighted by Gasteiger charge is -2.39. The molecule has 0 radical (unpaired) electrons. The number of aryl methyl sites for hydroxylation is 1. The van der Waals surface area contributed by atoms with Gasteiger partial charge in [0.15, 0.2) is 11.5 Å². The van der Waals surface area contributed by atoms with Crippen LogP contribution in [0.2, 0.25) is 0 Å². The average molecular weight is 449 g/mol. The number of anilines is 1. The highest BCUT2D eigenvalue weighted by atomic mass is 19.1. The molecule has 10 heteroatoms. The molecular formula is C23H24FN7O2. The summed E-state index contributed by atoms with van der Waals surface area (Å²) in [6, 6.07) is 8.64. The van der Waals surface area contributed by atoms with Gasteiger partial charge in [-0.05, 0) is 32.0 Å². The van der Waals surface area contributed by atoms with E-state index in [1.165, 1.54) is 7.05 Å². The number of aromatic nitrogens is 3. The predicted octanol–water partition coefficient (Wildman–Crippen LogP) is 1.88. The molecule has 170 valence electrons. The lowest BCUT2D eigenvalue weighted by molar-refractivity contribution is 0.0958. The molecule has 1 aliphatic rings. The Balaban J connectivity index is 1.52. The maximum absolute atomic E-state index is 15.2. The minimum absolute atomic E-state index is 0.120. The lowest BCUT2D eigenvalue weighted by Crippen LogP contribution is -2.47. The molecule has 1 fully saturated rings. The van der Waals surface area contributed by atoms with E-state index in [2.05, 4.69) is 31.2 Å². The third-order valence-corrected chi connectivity index (χ3v) is 6.10. The lowest BCUT2D eigenvalue weighted by atomic mass is 10.0. The first kappa shape index (κ1) is 22.4. The van der Waals surface area contributed by atoms with Crippen LogP contribution in [0.4, 0.5) is 10.1 Å². The van der Waals surface area contributed by atoms with Crippen LogP contribution in [-0.4, -0.2) is 59.0 Å². The Morgan fingerprint density at radius 1 is 1.21 bits per heavy atom. The minimum atomic E-state index is -0.465. The Kier molecular flexibility index (Phi) is 6.07. The van der Waals surface area contributed by atoms with Crippen LogP contribution in [0.5, 0.6) is 0 Å². The maximum atomic E-state index is 15.2. The number of hydrogen-bond acceptors (Lipinski definition) is 7. The number of nitriles is 1. The summed E-state index contributed by atoms with van der Waals surface area (Å²) in [5.74, 6) is -0.811. The van der Waals surface area contributed by atoms with E-state index < -0.39 is 11.4 Å². The SMILES string of the molecule is CNC(=O)c1ccc(N2CCN(C(C)c3ccc4nc(C)c(=O)[nH]c4c3F)CC2)c(C#N)n1. The van der Waals surface area contributed by atoms with Crippen molar-refractivity contribution in [3.05, 3.63) is 63.1 Å². The van der Waals surface area contributed by atoms with Gasteiger partial charge in [-0.2, -0.15) is 5.26 Å². The van der Waals surface area contributed by atoms with Gasteiger partial charge in [-0.25, -0.2) is 14.4 Å². The summed E-state index contributed by atoms with van der Waals surface area (Å²) < 4.78 is 15.2. The quantitative estimate of drug-likeness (QED) is 0.624. The molecule has 0 spiro atoms. The molecule has 3 aromatic rings. The minimum Gasteiger partial charge on any atom is -0.367 e. The Hall–Kier alpha value is -3.84. The van der Waals surface area contributed by atoms with Crippen molar-refractivity contribution in [2.24, 2.45) is 0 Å². The van der Waals surface area contributed by atoms with E-state index in [1.807, 2.05) is 11.8 Å². The number of nitrogens with zero attached hydrogens (tertiary/aromatic N) is 5. The van der Waals surface area contributed by atoms with E-state index in [9.17, 15) is 14.9 Å². The van der Waals surface area contributed by atoms with Gasteiger partial charge in [0.2, 0.25) is 0 Å². The Bertz CT molecular complexity index is 1320. The maximum Gasteiger partial charge on any atom is 0.269 e. The van der Waals surface area contributed by atoms with Crippen LogP contribution in [0.15, 0.2) is 29.1 Å². The number of halogens is 1. The molecule has 9 nitrogen and oxygen atoms in total. The van der Waals surface area contributed by atoms with Gasteiger partial charge < -0.3 is 15.2 Å². The van der Waals surface area contributed by atoms with E-state index in [-0.39, 0.29) is 28.9 Å². The highest BCUT2D eigenvalue weighted by Gasteiger charge is 2.26. The first-order valence-corrected chi connectivity index (χ1v) is 10.6. The van der Waals surface area contributed by atoms with Gasteiger partial charge >= 0.3 is 0 Å². The molecule has 1 amide bonds. The summed E-state index contributed by atoms with van der Waals surface area (Å²) in [6.07, 6.45) is 0. The molecule has 1 saturated heterocycles. The summed E-state index contributed by atoms with van der Waals surface area (Å²) >= 11 is 0. The van der Waals surface area contributed by atoms with Gasteiger partial charge in [-0.15, -0.1) is 0 Å². The van der Waals surface area contributed by atoms with Gasteiger partial charge in [-0.1, -0.05) is 6.07 Å². The second kappa shape index (κ2) is 8.96. The van der Waals surface area contributed by atoms with Crippen LogP contribution in [-0.2, 0) is 0 Å². The van der Waals surface area contributed by atoms with Crippen LogP contribution >= 0.6 is 0 Å². The summed E-state index contributed by atoms with van der Waals surface area (Å²) in [4.78, 5) is 38.9. The number of nitrogens with one attached hydrogen (secondary N) is 2. The summed E-state index contributed by atoms with van der Waals surface area (Å²) in [5, 5.41) is 12.0. The van der Waals surface area contributed by atoms with Gasteiger partial charge in [0.25, 0.3) is 11.5 Å². The highest BCUT2D eigenvalue weighted by molar-refractivity contribution is 5.92. The number of pyridine rings is 1. The fourth-order valence-electron chi connectivity index (χ4n) is 4.14. The van der Waals surface area contributed by atoms with Crippen molar-refractivity contribution in [1.82, 2.24) is 25.2 Å². The van der Waals surface area contributed by atoms with Crippen molar-refractivity contribution in [2.75, 3.05) is 38.1 Å². The molecule has 1 aliphatic heterocycles. The number of benzene rings is 1. The van der Waals surface area contributed by atoms with E-state index in [0.29, 0.717) is 48.6 Å². The number of H-pyrrole nitrogens is 1. The van der Waals surface area contributed by atoms with Crippen molar-refractivity contribution in [1.29, 1.82) is 5.26 Å². The standard InChI is InChI=1S/C23H24FN7O2/c1-13-22(32)29-21-16(27-13)5-4-15(20(21)24)14(2)30-8-10-31(11-9-30)19-7-6-17(23(33)26-3)28-18(19)12-25/h4-7,14H,8-11H2,1-3H3,(H,26,33)(H,29,32). The average Bonchev–Trinajstić information content (AvgIpc) is 2.84. The first-order chi connectivity index (χ1) is 15.8. The van der Waals surface area contributed by atoms with Gasteiger partial charge in [0.05, 0.1) is 11.2 Å². The van der Waals surface area contributed by atoms with E-state index >= 15 is 4.39 Å². The van der Waals surface area contributed by atoms with Gasteiger partial charge in [0, 0.05) is 44.8 Å². The molecule has 33 heavy (non-hydrogen) atoms. The number of amides is 1. The molecule has 1 unspecified atom stereocenters. The molecule has 1 aromatic carbocycles. The van der Waals surface area contributed by atoms with E-state index in [4.69, 9.17) is 0 Å². The van der Waals surface area contributed by atoms with Crippen LogP contribution in [0.1, 0.15) is 40.4 Å². The number of fused-ring (bicyclic) bond motifs is 1. The third kappa shape index (κ3) is 4.15. The number of hydrogen-bond donors (Lipinski definition) is 2. The smallest absolute Gasteiger partial charge is 0.269 e. The highest BCUT2D eigenvalue weighted by Crippen LogP contribution is 2.29. The second-order valence-corrected chi connectivity index (χ2v) is 7.97. The fourth-order valence-corrected chi connectivity index (χ4v) is 4.14. The van der Waals surface area contributed by atoms with Crippen LogP contribution in [0, 0.1) is 24.1 Å². The Morgan fingerprint density at radius 3 is 2.61 bits per heavy atom. The summed E-state index contributed by atoms with van der Waals surface area (Å²) in [7, 11) is 1.51. The Morgan fingerprint density at radius 2 is 1.94 bits per heavy atom. The van der Waals surface area contributed by atoms with Crippen LogP contribution < -0.4 is 15.8 Å². The number of carbonyl (C=O) groups excluding carboxylic acids is 1. The predicted molar refractivity (Wildman–Crippen MR) is 122 cm³/mol. The van der Waals surface area contributed by atoms with Crippen LogP contribution in [0.25, 0.3) is 11.0 Å².